The molecule has 0 spiro atoms. The summed E-state index contributed by atoms with van der Waals surface area (Å²) in [5.74, 6) is 0.0824. The third-order valence-corrected chi connectivity index (χ3v) is 6.92. The molecule has 0 saturated carbocycles. The topological polar surface area (TPSA) is 79.9 Å². The summed E-state index contributed by atoms with van der Waals surface area (Å²) < 4.78 is 12.1. The summed E-state index contributed by atoms with van der Waals surface area (Å²) in [7, 11) is 1.58. The van der Waals surface area contributed by atoms with Gasteiger partial charge in [-0.1, -0.05) is 47.5 Å². The maximum absolute atomic E-state index is 13.9. The molecule has 2 N–H and O–H groups in total. The van der Waals surface area contributed by atoms with Gasteiger partial charge in [0, 0.05) is 16.9 Å². The van der Waals surface area contributed by atoms with E-state index >= 15 is 0 Å². The van der Waals surface area contributed by atoms with Crippen molar-refractivity contribution in [2.24, 2.45) is 5.92 Å². The summed E-state index contributed by atoms with van der Waals surface area (Å²) in [5, 5.41) is 6.16. The lowest BCUT2D eigenvalue weighted by Gasteiger charge is -2.54. The number of aryl methyl sites for hydroxylation is 3. The Hall–Kier alpha value is -4.00. The number of ether oxygens (including phenoxy) is 2. The fourth-order valence-electron chi connectivity index (χ4n) is 5.18. The highest BCUT2D eigenvalue weighted by Gasteiger charge is 2.60. The summed E-state index contributed by atoms with van der Waals surface area (Å²) in [6.07, 6.45) is 0. The molecule has 1 fully saturated rings. The van der Waals surface area contributed by atoms with Gasteiger partial charge in [-0.05, 0) is 57.5 Å². The van der Waals surface area contributed by atoms with E-state index in [4.69, 9.17) is 9.47 Å². The van der Waals surface area contributed by atoms with Crippen molar-refractivity contribution in [3.05, 3.63) is 82.9 Å². The van der Waals surface area contributed by atoms with Crippen LogP contribution in [0, 0.1) is 26.7 Å². The van der Waals surface area contributed by atoms with Crippen LogP contribution in [0.2, 0.25) is 0 Å². The summed E-state index contributed by atoms with van der Waals surface area (Å²) in [5.41, 5.74) is 3.90. The number of para-hydroxylation sites is 1. The largest absolute Gasteiger partial charge is 0.493 e. The normalized spacial score (nSPS) is 22.5. The Morgan fingerprint density at radius 2 is 1.77 bits per heavy atom. The van der Waals surface area contributed by atoms with E-state index in [2.05, 4.69) is 10.6 Å². The van der Waals surface area contributed by atoms with Gasteiger partial charge in [0.1, 0.15) is 5.92 Å². The predicted molar refractivity (Wildman–Crippen MR) is 135 cm³/mol. The molecule has 3 aromatic rings. The van der Waals surface area contributed by atoms with Gasteiger partial charge in [0.25, 0.3) is 0 Å². The van der Waals surface area contributed by atoms with E-state index in [1.165, 1.54) is 4.90 Å². The Morgan fingerprint density at radius 3 is 2.46 bits per heavy atom. The molecule has 2 aliphatic heterocycles. The van der Waals surface area contributed by atoms with Gasteiger partial charge >= 0.3 is 6.03 Å². The van der Waals surface area contributed by atoms with Crippen LogP contribution < -0.4 is 25.0 Å². The third kappa shape index (κ3) is 3.67. The first-order valence-corrected chi connectivity index (χ1v) is 11.6. The number of methoxy groups -OCH3 is 1. The highest BCUT2D eigenvalue weighted by molar-refractivity contribution is 6.01. The summed E-state index contributed by atoms with van der Waals surface area (Å²) in [6, 6.07) is 18.1. The van der Waals surface area contributed by atoms with E-state index in [1.807, 2.05) is 81.4 Å². The van der Waals surface area contributed by atoms with Crippen molar-refractivity contribution in [2.75, 3.05) is 17.3 Å². The van der Waals surface area contributed by atoms with Gasteiger partial charge in [-0.2, -0.15) is 0 Å². The van der Waals surface area contributed by atoms with E-state index in [-0.39, 0.29) is 11.9 Å². The van der Waals surface area contributed by atoms with Crippen molar-refractivity contribution in [2.45, 2.75) is 39.5 Å². The molecule has 3 aromatic carbocycles. The van der Waals surface area contributed by atoms with Gasteiger partial charge in [0.15, 0.2) is 11.5 Å². The molecule has 5 rings (SSSR count). The molecule has 180 valence electrons. The van der Waals surface area contributed by atoms with Crippen molar-refractivity contribution in [1.82, 2.24) is 5.32 Å². The zero-order chi connectivity index (χ0) is 24.9. The predicted octanol–water partition coefficient (Wildman–Crippen LogP) is 5.25. The fourth-order valence-corrected chi connectivity index (χ4v) is 5.18. The molecule has 35 heavy (non-hydrogen) atoms. The highest BCUT2D eigenvalue weighted by atomic mass is 16.5. The van der Waals surface area contributed by atoms with Crippen molar-refractivity contribution < 1.29 is 19.1 Å². The highest BCUT2D eigenvalue weighted by Crippen LogP contribution is 2.52. The van der Waals surface area contributed by atoms with Crippen molar-refractivity contribution >= 4 is 23.3 Å². The Bertz CT molecular complexity index is 1320. The van der Waals surface area contributed by atoms with Crippen LogP contribution >= 0.6 is 0 Å². The zero-order valence-electron chi connectivity index (χ0n) is 20.5. The summed E-state index contributed by atoms with van der Waals surface area (Å²) >= 11 is 0. The van der Waals surface area contributed by atoms with E-state index in [0.29, 0.717) is 22.7 Å². The molecule has 0 aliphatic carbocycles. The van der Waals surface area contributed by atoms with E-state index in [0.717, 1.165) is 22.4 Å². The average Bonchev–Trinajstić information content (AvgIpc) is 2.81. The first kappa shape index (κ1) is 22.8. The minimum Gasteiger partial charge on any atom is -0.493 e. The number of carbonyl (C=O) groups is 2. The molecule has 3 atom stereocenters. The lowest BCUT2D eigenvalue weighted by molar-refractivity contribution is -0.131. The van der Waals surface area contributed by atoms with Crippen molar-refractivity contribution in [1.29, 1.82) is 0 Å². The number of hydrogen-bond acceptors (Lipinski definition) is 4. The Labute approximate surface area is 205 Å². The van der Waals surface area contributed by atoms with Gasteiger partial charge in [-0.15, -0.1) is 0 Å². The number of urea groups is 1. The molecular formula is C28H29N3O4. The molecule has 2 aliphatic rings. The number of carbonyl (C=O) groups excluding carboxylic acids is 2. The first-order chi connectivity index (χ1) is 16.7. The molecule has 1 saturated heterocycles. The molecule has 0 unspecified atom stereocenters. The Kier molecular flexibility index (Phi) is 5.43. The second kappa shape index (κ2) is 8.34. The van der Waals surface area contributed by atoms with E-state index < -0.39 is 17.7 Å². The molecular weight excluding hydrogens is 442 g/mol. The monoisotopic (exact) mass is 471 g/mol. The molecule has 2 bridgehead atoms. The number of hydrogen-bond donors (Lipinski definition) is 2. The number of benzene rings is 3. The van der Waals surface area contributed by atoms with Crippen LogP contribution in [0.15, 0.2) is 60.7 Å². The second-order valence-corrected chi connectivity index (χ2v) is 9.42. The second-order valence-electron chi connectivity index (χ2n) is 9.42. The standard InChI is InChI=1S/C28H29N3O4/c1-16-9-12-19(13-10-16)31-27(33)30-24-20-7-6-8-22(34-5)25(20)35-28(31,4)23(24)26(32)29-21-14-11-17(2)15-18(21)3/h6-15,23-24H,1-5H3,(H,29,32)(H,30,33)/t23-,24-,28+/m0/s1. The van der Waals surface area contributed by atoms with Crippen LogP contribution in [0.4, 0.5) is 16.2 Å². The van der Waals surface area contributed by atoms with Gasteiger partial charge in [-0.25, -0.2) is 4.79 Å². The van der Waals surface area contributed by atoms with Crippen LogP contribution in [-0.4, -0.2) is 24.8 Å². The number of amides is 3. The lowest BCUT2D eigenvalue weighted by Crippen LogP contribution is -2.72. The van der Waals surface area contributed by atoms with Crippen molar-refractivity contribution in [3.63, 3.8) is 0 Å². The number of rotatable bonds is 4. The van der Waals surface area contributed by atoms with Crippen LogP contribution in [0.1, 0.15) is 35.2 Å². The van der Waals surface area contributed by atoms with Crippen LogP contribution in [0.3, 0.4) is 0 Å². The molecule has 7 nitrogen and oxygen atoms in total. The maximum Gasteiger partial charge on any atom is 0.325 e. The third-order valence-electron chi connectivity index (χ3n) is 6.92. The summed E-state index contributed by atoms with van der Waals surface area (Å²) in [4.78, 5) is 28.9. The number of nitrogens with zero attached hydrogens (tertiary/aromatic N) is 1. The van der Waals surface area contributed by atoms with E-state index in [9.17, 15) is 9.59 Å². The van der Waals surface area contributed by atoms with Crippen molar-refractivity contribution in [3.8, 4) is 11.5 Å². The molecule has 7 heteroatoms. The Morgan fingerprint density at radius 1 is 1.06 bits per heavy atom. The molecule has 2 heterocycles. The lowest BCUT2D eigenvalue weighted by atomic mass is 9.78. The van der Waals surface area contributed by atoms with Crippen LogP contribution in [0.5, 0.6) is 11.5 Å². The van der Waals surface area contributed by atoms with Gasteiger partial charge in [-0.3, -0.25) is 9.69 Å². The van der Waals surface area contributed by atoms with Gasteiger partial charge < -0.3 is 20.1 Å². The maximum atomic E-state index is 13.9. The molecule has 0 radical (unpaired) electrons. The van der Waals surface area contributed by atoms with Crippen LogP contribution in [-0.2, 0) is 4.79 Å². The molecule has 0 aromatic heterocycles. The Balaban J connectivity index is 1.64. The first-order valence-electron chi connectivity index (χ1n) is 11.6. The fraction of sp³-hybridized carbons (Fsp3) is 0.286. The zero-order valence-corrected chi connectivity index (χ0v) is 20.5. The number of anilines is 2. The quantitative estimate of drug-likeness (QED) is 0.544. The minimum absolute atomic E-state index is 0.241. The molecule has 3 amide bonds. The van der Waals surface area contributed by atoms with Gasteiger partial charge in [0.05, 0.1) is 13.2 Å². The number of nitrogens with one attached hydrogen (secondary N) is 2. The number of fused-ring (bicyclic) bond motifs is 4. The van der Waals surface area contributed by atoms with Gasteiger partial charge in [0.2, 0.25) is 11.6 Å². The smallest absolute Gasteiger partial charge is 0.325 e. The minimum atomic E-state index is -1.31. The van der Waals surface area contributed by atoms with E-state index in [1.54, 1.807) is 14.0 Å². The average molecular weight is 472 g/mol. The SMILES string of the molecule is COc1cccc2c1O[C@]1(C)[C@H](C(=O)Nc3ccc(C)cc3C)[C@H]2NC(=O)N1c1ccc(C)cc1. The van der Waals surface area contributed by atoms with Crippen LogP contribution in [0.25, 0.3) is 0 Å². The summed E-state index contributed by atoms with van der Waals surface area (Å²) in [6.45, 7) is 7.75.